The highest BCUT2D eigenvalue weighted by Gasteiger charge is 2.49. The minimum absolute atomic E-state index is 0.335. The average molecular weight is 206 g/mol. The van der Waals surface area contributed by atoms with E-state index >= 15 is 0 Å². The molecule has 0 aromatic rings. The van der Waals surface area contributed by atoms with E-state index < -0.39 is 29.9 Å². The van der Waals surface area contributed by atoms with E-state index in [2.05, 4.69) is 4.74 Å². The van der Waals surface area contributed by atoms with Gasteiger partial charge in [-0.15, -0.1) is 0 Å². The Morgan fingerprint density at radius 3 is 2.07 bits per heavy atom. The summed E-state index contributed by atoms with van der Waals surface area (Å²) in [4.78, 5) is 11.1. The zero-order valence-corrected chi connectivity index (χ0v) is 7.75. The molecule has 1 rings (SSSR count). The van der Waals surface area contributed by atoms with Gasteiger partial charge in [0.25, 0.3) is 0 Å². The Morgan fingerprint density at radius 1 is 1.29 bits per heavy atom. The van der Waals surface area contributed by atoms with Gasteiger partial charge in [-0.1, -0.05) is 0 Å². The molecule has 0 bridgehead atoms. The molecule has 0 saturated heterocycles. The molecule has 1 aliphatic carbocycles. The lowest BCUT2D eigenvalue weighted by molar-refractivity contribution is -0.189. The molecule has 0 amide bonds. The lowest BCUT2D eigenvalue weighted by Crippen LogP contribution is -2.56. The van der Waals surface area contributed by atoms with Crippen molar-refractivity contribution in [3.63, 3.8) is 0 Å². The van der Waals surface area contributed by atoms with Crippen LogP contribution in [-0.2, 0) is 9.53 Å². The van der Waals surface area contributed by atoms with Crippen molar-refractivity contribution < 1.29 is 30.0 Å². The molecule has 0 aromatic carbocycles. The van der Waals surface area contributed by atoms with Crippen LogP contribution in [0.5, 0.6) is 0 Å². The lowest BCUT2D eigenvalue weighted by atomic mass is 9.80. The molecule has 0 radical (unpaired) electrons. The Labute approximate surface area is 80.7 Å². The van der Waals surface area contributed by atoms with Crippen molar-refractivity contribution in [3.05, 3.63) is 0 Å². The van der Waals surface area contributed by atoms with Crippen LogP contribution in [0.15, 0.2) is 0 Å². The van der Waals surface area contributed by atoms with E-state index in [1.165, 1.54) is 0 Å². The van der Waals surface area contributed by atoms with E-state index in [4.69, 9.17) is 5.11 Å². The number of esters is 1. The number of ether oxygens (including phenoxy) is 1. The fourth-order valence-electron chi connectivity index (χ4n) is 1.63. The Morgan fingerprint density at radius 2 is 1.71 bits per heavy atom. The third kappa shape index (κ3) is 1.88. The van der Waals surface area contributed by atoms with Crippen LogP contribution in [0.25, 0.3) is 0 Å². The van der Waals surface area contributed by atoms with Crippen molar-refractivity contribution in [2.75, 3.05) is 7.11 Å². The maximum Gasteiger partial charge on any atom is 0.338 e. The molecule has 0 aliphatic heterocycles. The molecule has 0 heterocycles. The van der Waals surface area contributed by atoms with E-state index in [0.29, 0.717) is 0 Å². The summed E-state index contributed by atoms with van der Waals surface area (Å²) in [5.74, 6) is -0.914. The van der Waals surface area contributed by atoms with Gasteiger partial charge in [0.15, 0.2) is 5.60 Å². The SMILES string of the molecule is COC(=O)C1(O)CC(O)C(O)C(O)C1. The quantitative estimate of drug-likeness (QED) is 0.362. The normalized spacial score (nSPS) is 43.4. The summed E-state index contributed by atoms with van der Waals surface area (Å²) < 4.78 is 4.33. The van der Waals surface area contributed by atoms with Crippen LogP contribution in [0.4, 0.5) is 0 Å². The summed E-state index contributed by atoms with van der Waals surface area (Å²) in [5, 5.41) is 37.4. The zero-order valence-electron chi connectivity index (χ0n) is 7.75. The summed E-state index contributed by atoms with van der Waals surface area (Å²) >= 11 is 0. The molecule has 2 atom stereocenters. The third-order valence-electron chi connectivity index (χ3n) is 2.45. The monoisotopic (exact) mass is 206 g/mol. The van der Waals surface area contributed by atoms with Crippen molar-refractivity contribution >= 4 is 5.97 Å². The zero-order chi connectivity index (χ0) is 10.9. The molecule has 1 saturated carbocycles. The van der Waals surface area contributed by atoms with Gasteiger partial charge < -0.3 is 25.2 Å². The summed E-state index contributed by atoms with van der Waals surface area (Å²) in [5.41, 5.74) is -1.91. The fourth-order valence-corrected chi connectivity index (χ4v) is 1.63. The second kappa shape index (κ2) is 3.82. The van der Waals surface area contributed by atoms with Gasteiger partial charge in [0.05, 0.1) is 19.3 Å². The number of methoxy groups -OCH3 is 1. The van der Waals surface area contributed by atoms with Crippen LogP contribution in [0.1, 0.15) is 12.8 Å². The van der Waals surface area contributed by atoms with Crippen molar-refractivity contribution in [2.24, 2.45) is 0 Å². The number of carbonyl (C=O) groups excluding carboxylic acids is 1. The molecule has 14 heavy (non-hydrogen) atoms. The van der Waals surface area contributed by atoms with Crippen molar-refractivity contribution in [1.29, 1.82) is 0 Å². The summed E-state index contributed by atoms with van der Waals surface area (Å²) in [6, 6.07) is 0. The summed E-state index contributed by atoms with van der Waals surface area (Å²) in [6.45, 7) is 0. The molecule has 82 valence electrons. The van der Waals surface area contributed by atoms with Crippen molar-refractivity contribution in [1.82, 2.24) is 0 Å². The smallest absolute Gasteiger partial charge is 0.338 e. The molecule has 1 fully saturated rings. The van der Waals surface area contributed by atoms with Gasteiger partial charge in [-0.05, 0) is 0 Å². The Hall–Kier alpha value is -0.690. The summed E-state index contributed by atoms with van der Waals surface area (Å²) in [6.07, 6.45) is -4.67. The molecule has 2 unspecified atom stereocenters. The molecule has 6 nitrogen and oxygen atoms in total. The highest BCUT2D eigenvalue weighted by atomic mass is 16.5. The van der Waals surface area contributed by atoms with Crippen molar-refractivity contribution in [2.45, 2.75) is 36.8 Å². The Balaban J connectivity index is 2.78. The first-order chi connectivity index (χ1) is 6.40. The van der Waals surface area contributed by atoms with Crippen LogP contribution in [0, 0.1) is 0 Å². The lowest BCUT2D eigenvalue weighted by Gasteiger charge is -2.38. The fraction of sp³-hybridized carbons (Fsp3) is 0.875. The topological polar surface area (TPSA) is 107 Å². The van der Waals surface area contributed by atoms with Gasteiger partial charge in [-0.25, -0.2) is 4.79 Å². The first-order valence-electron chi connectivity index (χ1n) is 4.25. The van der Waals surface area contributed by atoms with E-state index in [1.54, 1.807) is 0 Å². The number of aliphatic hydroxyl groups excluding tert-OH is 3. The molecule has 4 N–H and O–H groups in total. The number of hydrogen-bond acceptors (Lipinski definition) is 6. The summed E-state index contributed by atoms with van der Waals surface area (Å²) in [7, 11) is 1.10. The van der Waals surface area contributed by atoms with E-state index in [1.807, 2.05) is 0 Å². The van der Waals surface area contributed by atoms with Crippen LogP contribution in [0.2, 0.25) is 0 Å². The second-order valence-electron chi connectivity index (χ2n) is 3.56. The largest absolute Gasteiger partial charge is 0.467 e. The molecule has 0 spiro atoms. The van der Waals surface area contributed by atoms with Crippen LogP contribution < -0.4 is 0 Å². The first-order valence-corrected chi connectivity index (χ1v) is 4.25. The van der Waals surface area contributed by atoms with Gasteiger partial charge in [-0.3, -0.25) is 0 Å². The number of aliphatic hydroxyl groups is 4. The van der Waals surface area contributed by atoms with Crippen LogP contribution >= 0.6 is 0 Å². The highest BCUT2D eigenvalue weighted by molar-refractivity contribution is 5.79. The maximum absolute atomic E-state index is 11.1. The second-order valence-corrected chi connectivity index (χ2v) is 3.56. The first kappa shape index (κ1) is 11.4. The molecular weight excluding hydrogens is 192 g/mol. The molecule has 1 aliphatic rings. The van der Waals surface area contributed by atoms with E-state index in [9.17, 15) is 20.1 Å². The molecule has 0 aromatic heterocycles. The number of carbonyl (C=O) groups is 1. The van der Waals surface area contributed by atoms with Crippen LogP contribution in [0.3, 0.4) is 0 Å². The minimum Gasteiger partial charge on any atom is -0.467 e. The predicted molar refractivity (Wildman–Crippen MR) is 44.2 cm³/mol. The minimum atomic E-state index is -1.91. The van der Waals surface area contributed by atoms with Gasteiger partial charge in [0.1, 0.15) is 6.10 Å². The third-order valence-corrected chi connectivity index (χ3v) is 2.45. The number of rotatable bonds is 1. The Bertz CT molecular complexity index is 216. The van der Waals surface area contributed by atoms with Gasteiger partial charge >= 0.3 is 5.97 Å². The molecular formula is C8H14O6. The predicted octanol–water partition coefficient (Wildman–Crippen LogP) is -2.23. The average Bonchev–Trinajstić information content (AvgIpc) is 2.12. The standard InChI is InChI=1S/C8H14O6/c1-14-7(12)8(13)2-4(9)6(11)5(10)3-8/h4-6,9-11,13H,2-3H2,1H3. The van der Waals surface area contributed by atoms with Crippen molar-refractivity contribution in [3.8, 4) is 0 Å². The van der Waals surface area contributed by atoms with E-state index in [-0.39, 0.29) is 12.8 Å². The molecule has 6 heteroatoms. The van der Waals surface area contributed by atoms with Gasteiger partial charge in [-0.2, -0.15) is 0 Å². The van der Waals surface area contributed by atoms with Gasteiger partial charge in [0, 0.05) is 12.8 Å². The van der Waals surface area contributed by atoms with Crippen LogP contribution in [-0.4, -0.2) is 57.4 Å². The van der Waals surface area contributed by atoms with Gasteiger partial charge in [0.2, 0.25) is 0 Å². The maximum atomic E-state index is 11.1. The Kier molecular flexibility index (Phi) is 3.10. The highest BCUT2D eigenvalue weighted by Crippen LogP contribution is 2.30. The van der Waals surface area contributed by atoms with E-state index in [0.717, 1.165) is 7.11 Å². The number of hydrogen-bond donors (Lipinski definition) is 4.